The van der Waals surface area contributed by atoms with Crippen molar-refractivity contribution < 1.29 is 0 Å². The van der Waals surface area contributed by atoms with E-state index in [9.17, 15) is 0 Å². The van der Waals surface area contributed by atoms with Crippen LogP contribution in [0.3, 0.4) is 0 Å². The van der Waals surface area contributed by atoms with Crippen LogP contribution in [0.25, 0.3) is 11.3 Å². The van der Waals surface area contributed by atoms with Gasteiger partial charge >= 0.3 is 0 Å². The Morgan fingerprint density at radius 2 is 1.83 bits per heavy atom. The van der Waals surface area contributed by atoms with Gasteiger partial charge in [-0.1, -0.05) is 17.7 Å². The molecule has 2 N–H and O–H groups in total. The molecule has 0 amide bonds. The van der Waals surface area contributed by atoms with Gasteiger partial charge in [-0.3, -0.25) is 4.98 Å². The molecule has 2 aromatic heterocycles. The number of nitrogens with zero attached hydrogens (tertiary/aromatic N) is 3. The Hall–Kier alpha value is -2.66. The molecule has 3 aromatic rings. The van der Waals surface area contributed by atoms with Crippen LogP contribution >= 0.6 is 11.6 Å². The Labute approximate surface area is 145 Å². The molecule has 1 aliphatic carbocycles. The van der Waals surface area contributed by atoms with E-state index in [1.54, 1.807) is 12.4 Å². The molecule has 1 saturated carbocycles. The quantitative estimate of drug-likeness (QED) is 0.717. The average Bonchev–Trinajstić information content (AvgIpc) is 3.39. The highest BCUT2D eigenvalue weighted by atomic mass is 35.5. The van der Waals surface area contributed by atoms with Gasteiger partial charge in [-0.05, 0) is 43.2 Å². The lowest BCUT2D eigenvalue weighted by Crippen LogP contribution is -2.07. The first-order chi connectivity index (χ1) is 11.8. The lowest BCUT2D eigenvalue weighted by molar-refractivity contribution is 1.06. The highest BCUT2D eigenvalue weighted by molar-refractivity contribution is 6.30. The van der Waals surface area contributed by atoms with Crippen molar-refractivity contribution in [3.05, 3.63) is 59.9 Å². The van der Waals surface area contributed by atoms with E-state index in [-0.39, 0.29) is 0 Å². The smallest absolute Gasteiger partial charge is 0.225 e. The molecular weight excluding hydrogens is 322 g/mol. The highest BCUT2D eigenvalue weighted by Crippen LogP contribution is 2.27. The van der Waals surface area contributed by atoms with Crippen molar-refractivity contribution in [2.24, 2.45) is 0 Å². The van der Waals surface area contributed by atoms with E-state index < -0.39 is 0 Å². The Balaban J connectivity index is 1.69. The van der Waals surface area contributed by atoms with Gasteiger partial charge in [0.15, 0.2) is 0 Å². The fraction of sp³-hybridized carbons (Fsp3) is 0.167. The third-order valence-electron chi connectivity index (χ3n) is 3.71. The summed E-state index contributed by atoms with van der Waals surface area (Å²) in [5, 5.41) is 7.34. The molecule has 0 aliphatic heterocycles. The zero-order valence-corrected chi connectivity index (χ0v) is 13.7. The maximum atomic E-state index is 6.05. The average molecular weight is 338 g/mol. The molecule has 0 atom stereocenters. The molecule has 0 unspecified atom stereocenters. The van der Waals surface area contributed by atoms with Gasteiger partial charge in [0.2, 0.25) is 5.95 Å². The number of rotatable bonds is 5. The number of halogens is 1. The number of aromatic nitrogens is 3. The number of pyridine rings is 1. The molecule has 4 rings (SSSR count). The molecule has 1 aromatic carbocycles. The zero-order chi connectivity index (χ0) is 16.4. The van der Waals surface area contributed by atoms with Gasteiger partial charge in [0.25, 0.3) is 0 Å². The summed E-state index contributed by atoms with van der Waals surface area (Å²) in [5.74, 6) is 1.36. The molecule has 0 spiro atoms. The standard InChI is InChI=1S/C18H16ClN5/c19-13-2-1-3-15(10-13)21-17-11-16(12-6-8-20-9-7-12)23-18(24-17)22-14-4-5-14/h1-3,6-11,14H,4-5H2,(H2,21,22,23,24). The summed E-state index contributed by atoms with van der Waals surface area (Å²) in [6.45, 7) is 0. The largest absolute Gasteiger partial charge is 0.351 e. The molecule has 120 valence electrons. The van der Waals surface area contributed by atoms with Gasteiger partial charge in [0.1, 0.15) is 5.82 Å². The van der Waals surface area contributed by atoms with E-state index in [2.05, 4.69) is 25.6 Å². The van der Waals surface area contributed by atoms with Gasteiger partial charge in [0, 0.05) is 40.8 Å². The predicted molar refractivity (Wildman–Crippen MR) is 96.6 cm³/mol. The summed E-state index contributed by atoms with van der Waals surface area (Å²) in [5.41, 5.74) is 2.74. The summed E-state index contributed by atoms with van der Waals surface area (Å²) >= 11 is 6.05. The van der Waals surface area contributed by atoms with E-state index in [4.69, 9.17) is 11.6 Å². The van der Waals surface area contributed by atoms with Gasteiger partial charge in [0.05, 0.1) is 5.69 Å². The summed E-state index contributed by atoms with van der Waals surface area (Å²) in [4.78, 5) is 13.3. The van der Waals surface area contributed by atoms with Crippen LogP contribution in [0.2, 0.25) is 5.02 Å². The second kappa shape index (κ2) is 6.45. The maximum Gasteiger partial charge on any atom is 0.225 e. The van der Waals surface area contributed by atoms with Crippen LogP contribution in [0.4, 0.5) is 17.5 Å². The van der Waals surface area contributed by atoms with Crippen LogP contribution in [-0.2, 0) is 0 Å². The summed E-state index contributed by atoms with van der Waals surface area (Å²) in [7, 11) is 0. The van der Waals surface area contributed by atoms with Crippen LogP contribution in [0, 0.1) is 0 Å². The third kappa shape index (κ3) is 3.63. The highest BCUT2D eigenvalue weighted by Gasteiger charge is 2.22. The van der Waals surface area contributed by atoms with Crippen molar-refractivity contribution in [1.82, 2.24) is 15.0 Å². The lowest BCUT2D eigenvalue weighted by Gasteiger charge is -2.11. The van der Waals surface area contributed by atoms with Crippen molar-refractivity contribution in [1.29, 1.82) is 0 Å². The third-order valence-corrected chi connectivity index (χ3v) is 3.94. The van der Waals surface area contributed by atoms with Crippen molar-refractivity contribution in [2.45, 2.75) is 18.9 Å². The topological polar surface area (TPSA) is 62.7 Å². The number of benzene rings is 1. The minimum Gasteiger partial charge on any atom is -0.351 e. The maximum absolute atomic E-state index is 6.05. The van der Waals surface area contributed by atoms with Crippen LogP contribution in [0.1, 0.15) is 12.8 Å². The lowest BCUT2D eigenvalue weighted by atomic mass is 10.2. The van der Waals surface area contributed by atoms with Gasteiger partial charge in [-0.15, -0.1) is 0 Å². The first-order valence-corrected chi connectivity index (χ1v) is 8.23. The first-order valence-electron chi connectivity index (χ1n) is 7.85. The van der Waals surface area contributed by atoms with E-state index in [0.717, 1.165) is 22.8 Å². The van der Waals surface area contributed by atoms with E-state index in [1.165, 1.54) is 12.8 Å². The Kier molecular flexibility index (Phi) is 4.01. The van der Waals surface area contributed by atoms with Crippen LogP contribution in [-0.4, -0.2) is 21.0 Å². The number of nitrogens with one attached hydrogen (secondary N) is 2. The fourth-order valence-electron chi connectivity index (χ4n) is 2.37. The molecule has 24 heavy (non-hydrogen) atoms. The van der Waals surface area contributed by atoms with E-state index in [0.29, 0.717) is 17.0 Å². The minimum atomic E-state index is 0.483. The summed E-state index contributed by atoms with van der Waals surface area (Å²) in [6, 6.07) is 13.8. The molecule has 6 heteroatoms. The fourth-order valence-corrected chi connectivity index (χ4v) is 2.56. The van der Waals surface area contributed by atoms with Crippen molar-refractivity contribution >= 4 is 29.1 Å². The van der Waals surface area contributed by atoms with Crippen molar-refractivity contribution in [3.8, 4) is 11.3 Å². The monoisotopic (exact) mass is 337 g/mol. The Bertz CT molecular complexity index is 849. The number of hydrogen-bond donors (Lipinski definition) is 2. The van der Waals surface area contributed by atoms with Crippen molar-refractivity contribution in [2.75, 3.05) is 10.6 Å². The zero-order valence-electron chi connectivity index (χ0n) is 12.9. The minimum absolute atomic E-state index is 0.483. The number of anilines is 3. The molecule has 1 fully saturated rings. The van der Waals surface area contributed by atoms with E-state index >= 15 is 0 Å². The second-order valence-corrected chi connectivity index (χ2v) is 6.19. The van der Waals surface area contributed by atoms with Crippen LogP contribution < -0.4 is 10.6 Å². The summed E-state index contributed by atoms with van der Waals surface area (Å²) < 4.78 is 0. The molecule has 0 bridgehead atoms. The Morgan fingerprint density at radius 1 is 1.00 bits per heavy atom. The SMILES string of the molecule is Clc1cccc(Nc2cc(-c3ccncc3)nc(NC3CC3)n2)c1. The first kappa shape index (κ1) is 14.9. The Morgan fingerprint density at radius 3 is 2.58 bits per heavy atom. The van der Waals surface area contributed by atoms with Crippen LogP contribution in [0.15, 0.2) is 54.9 Å². The molecule has 5 nitrogen and oxygen atoms in total. The van der Waals surface area contributed by atoms with Gasteiger partial charge in [-0.25, -0.2) is 4.98 Å². The summed E-state index contributed by atoms with van der Waals surface area (Å²) in [6.07, 6.45) is 5.85. The molecule has 1 aliphatic rings. The molecular formula is C18H16ClN5. The molecule has 0 radical (unpaired) electrons. The van der Waals surface area contributed by atoms with Crippen LogP contribution in [0.5, 0.6) is 0 Å². The predicted octanol–water partition coefficient (Wildman–Crippen LogP) is 4.51. The second-order valence-electron chi connectivity index (χ2n) is 5.75. The van der Waals surface area contributed by atoms with Gasteiger partial charge < -0.3 is 10.6 Å². The molecule has 2 heterocycles. The molecule has 0 saturated heterocycles. The van der Waals surface area contributed by atoms with Gasteiger partial charge in [-0.2, -0.15) is 4.98 Å². The van der Waals surface area contributed by atoms with Crippen molar-refractivity contribution in [3.63, 3.8) is 0 Å². The van der Waals surface area contributed by atoms with E-state index in [1.807, 2.05) is 42.5 Å². The normalized spacial score (nSPS) is 13.5. The number of hydrogen-bond acceptors (Lipinski definition) is 5.